The molecule has 0 spiro atoms. The first kappa shape index (κ1) is 18.7. The molecule has 22 heavy (non-hydrogen) atoms. The Bertz CT molecular complexity index is 358. The van der Waals surface area contributed by atoms with Gasteiger partial charge in [0.1, 0.15) is 0 Å². The molecule has 6 heteroatoms. The Labute approximate surface area is 134 Å². The fourth-order valence-electron chi connectivity index (χ4n) is 2.51. The van der Waals surface area contributed by atoms with Crippen LogP contribution < -0.4 is 10.6 Å². The van der Waals surface area contributed by atoms with Gasteiger partial charge in [-0.2, -0.15) is 0 Å². The average molecular weight is 312 g/mol. The van der Waals surface area contributed by atoms with E-state index in [0.717, 1.165) is 58.1 Å². The summed E-state index contributed by atoms with van der Waals surface area (Å²) in [4.78, 5) is 18.2. The Morgan fingerprint density at radius 3 is 2.82 bits per heavy atom. The van der Waals surface area contributed by atoms with E-state index < -0.39 is 0 Å². The molecular formula is C16H32N4O2. The van der Waals surface area contributed by atoms with Gasteiger partial charge in [-0.15, -0.1) is 0 Å². The molecule has 1 aliphatic rings. The second-order valence-corrected chi connectivity index (χ2v) is 5.97. The lowest BCUT2D eigenvalue weighted by molar-refractivity contribution is -0.133. The molecule has 0 aromatic rings. The van der Waals surface area contributed by atoms with Crippen molar-refractivity contribution < 1.29 is 9.53 Å². The Morgan fingerprint density at radius 2 is 2.18 bits per heavy atom. The third kappa shape index (κ3) is 6.64. The number of rotatable bonds is 8. The summed E-state index contributed by atoms with van der Waals surface area (Å²) in [6.45, 7) is 10.00. The molecule has 0 aliphatic carbocycles. The fourth-order valence-corrected chi connectivity index (χ4v) is 2.51. The number of ether oxygens (including phenoxy) is 1. The smallest absolute Gasteiger partial charge is 0.225 e. The van der Waals surface area contributed by atoms with Gasteiger partial charge in [0.05, 0.1) is 0 Å². The Balaban J connectivity index is 2.22. The number of hydrogen-bond acceptors (Lipinski definition) is 3. The van der Waals surface area contributed by atoms with Gasteiger partial charge < -0.3 is 20.3 Å². The Kier molecular flexibility index (Phi) is 8.89. The highest BCUT2D eigenvalue weighted by Crippen LogP contribution is 2.12. The quantitative estimate of drug-likeness (QED) is 0.402. The summed E-state index contributed by atoms with van der Waals surface area (Å²) in [7, 11) is 1.78. The fraction of sp³-hybridized carbons (Fsp3) is 0.875. The van der Waals surface area contributed by atoms with Gasteiger partial charge in [-0.05, 0) is 26.2 Å². The van der Waals surface area contributed by atoms with Crippen LogP contribution >= 0.6 is 0 Å². The molecule has 1 saturated heterocycles. The maximum atomic E-state index is 12.0. The molecule has 0 aromatic carbocycles. The lowest BCUT2D eigenvalue weighted by Crippen LogP contribution is -2.45. The minimum absolute atomic E-state index is 0.0709. The Morgan fingerprint density at radius 1 is 1.41 bits per heavy atom. The standard InChI is InChI=1S/C16H32N4O2/c1-5-22-11-7-6-9-18-16(17-4)19-14-8-10-20(12-14)15(21)13(2)3/h13-14H,5-12H2,1-4H3,(H2,17,18,19). The number of guanidine groups is 1. The van der Waals surface area contributed by atoms with E-state index in [-0.39, 0.29) is 17.9 Å². The van der Waals surface area contributed by atoms with Gasteiger partial charge in [0.25, 0.3) is 0 Å². The van der Waals surface area contributed by atoms with E-state index in [1.165, 1.54) is 0 Å². The molecule has 1 amide bonds. The van der Waals surface area contributed by atoms with Crippen molar-refractivity contribution in [3.05, 3.63) is 0 Å². The number of nitrogens with one attached hydrogen (secondary N) is 2. The normalized spacial score (nSPS) is 18.9. The number of hydrogen-bond donors (Lipinski definition) is 2. The maximum absolute atomic E-state index is 12.0. The summed E-state index contributed by atoms with van der Waals surface area (Å²) in [5.41, 5.74) is 0. The summed E-state index contributed by atoms with van der Waals surface area (Å²) in [5.74, 6) is 1.13. The van der Waals surface area contributed by atoms with E-state index in [1.807, 2.05) is 25.7 Å². The van der Waals surface area contributed by atoms with Gasteiger partial charge in [0.15, 0.2) is 5.96 Å². The zero-order chi connectivity index (χ0) is 16.4. The minimum Gasteiger partial charge on any atom is -0.382 e. The summed E-state index contributed by atoms with van der Waals surface area (Å²) >= 11 is 0. The highest BCUT2D eigenvalue weighted by molar-refractivity contribution is 5.81. The van der Waals surface area contributed by atoms with E-state index in [9.17, 15) is 4.79 Å². The summed E-state index contributed by atoms with van der Waals surface area (Å²) in [6.07, 6.45) is 3.09. The second kappa shape index (κ2) is 10.4. The van der Waals surface area contributed by atoms with Crippen LogP contribution in [0.3, 0.4) is 0 Å². The molecular weight excluding hydrogens is 280 g/mol. The molecule has 6 nitrogen and oxygen atoms in total. The zero-order valence-electron chi connectivity index (χ0n) is 14.5. The average Bonchev–Trinajstić information content (AvgIpc) is 2.97. The van der Waals surface area contributed by atoms with Crippen LogP contribution in [0.25, 0.3) is 0 Å². The molecule has 1 rings (SSSR count). The van der Waals surface area contributed by atoms with Crippen LogP contribution in [0.1, 0.15) is 40.0 Å². The number of amides is 1. The molecule has 1 heterocycles. The SMILES string of the molecule is CCOCCCCNC(=NC)NC1CCN(C(=O)C(C)C)C1. The van der Waals surface area contributed by atoms with Crippen LogP contribution in [0, 0.1) is 5.92 Å². The van der Waals surface area contributed by atoms with Crippen LogP contribution in [-0.4, -0.2) is 62.7 Å². The number of likely N-dealkylation sites (tertiary alicyclic amines) is 1. The summed E-state index contributed by atoms with van der Waals surface area (Å²) in [5, 5.41) is 6.73. The zero-order valence-corrected chi connectivity index (χ0v) is 14.5. The first-order chi connectivity index (χ1) is 10.6. The molecule has 0 bridgehead atoms. The van der Waals surface area contributed by atoms with Gasteiger partial charge in [0, 0.05) is 51.9 Å². The van der Waals surface area contributed by atoms with Crippen molar-refractivity contribution in [2.75, 3.05) is 39.9 Å². The van der Waals surface area contributed by atoms with Crippen molar-refractivity contribution >= 4 is 11.9 Å². The molecule has 0 aromatic heterocycles. The van der Waals surface area contributed by atoms with Crippen LogP contribution in [0.15, 0.2) is 4.99 Å². The van der Waals surface area contributed by atoms with Crippen molar-refractivity contribution in [2.45, 2.75) is 46.1 Å². The predicted octanol–water partition coefficient (Wildman–Crippen LogP) is 1.23. The van der Waals surface area contributed by atoms with Crippen molar-refractivity contribution in [3.8, 4) is 0 Å². The lowest BCUT2D eigenvalue weighted by Gasteiger charge is -2.20. The van der Waals surface area contributed by atoms with Gasteiger partial charge in [-0.3, -0.25) is 9.79 Å². The molecule has 0 saturated carbocycles. The number of carbonyl (C=O) groups is 1. The third-order valence-corrected chi connectivity index (χ3v) is 3.77. The molecule has 0 radical (unpaired) electrons. The van der Waals surface area contributed by atoms with Crippen LogP contribution in [0.4, 0.5) is 0 Å². The van der Waals surface area contributed by atoms with E-state index in [1.54, 1.807) is 7.05 Å². The second-order valence-electron chi connectivity index (χ2n) is 5.97. The number of unbranched alkanes of at least 4 members (excludes halogenated alkanes) is 1. The van der Waals surface area contributed by atoms with Crippen molar-refractivity contribution in [3.63, 3.8) is 0 Å². The molecule has 2 N–H and O–H groups in total. The van der Waals surface area contributed by atoms with E-state index in [0.29, 0.717) is 0 Å². The maximum Gasteiger partial charge on any atom is 0.225 e. The van der Waals surface area contributed by atoms with Crippen molar-refractivity contribution in [1.82, 2.24) is 15.5 Å². The summed E-state index contributed by atoms with van der Waals surface area (Å²) < 4.78 is 5.32. The molecule has 1 atom stereocenters. The number of aliphatic imine (C=N–C) groups is 1. The predicted molar refractivity (Wildman–Crippen MR) is 90.0 cm³/mol. The number of nitrogens with zero attached hydrogens (tertiary/aromatic N) is 2. The lowest BCUT2D eigenvalue weighted by atomic mass is 10.2. The van der Waals surface area contributed by atoms with Gasteiger partial charge in [-0.1, -0.05) is 13.8 Å². The van der Waals surface area contributed by atoms with Gasteiger partial charge in [0.2, 0.25) is 5.91 Å². The van der Waals surface area contributed by atoms with E-state index in [4.69, 9.17) is 4.74 Å². The molecule has 1 fully saturated rings. The summed E-state index contributed by atoms with van der Waals surface area (Å²) in [6, 6.07) is 0.289. The van der Waals surface area contributed by atoms with E-state index >= 15 is 0 Å². The van der Waals surface area contributed by atoms with Gasteiger partial charge in [-0.25, -0.2) is 0 Å². The molecule has 128 valence electrons. The first-order valence-electron chi connectivity index (χ1n) is 8.42. The van der Waals surface area contributed by atoms with E-state index in [2.05, 4.69) is 15.6 Å². The highest BCUT2D eigenvalue weighted by atomic mass is 16.5. The molecule has 1 unspecified atom stereocenters. The largest absolute Gasteiger partial charge is 0.382 e. The highest BCUT2D eigenvalue weighted by Gasteiger charge is 2.27. The Hall–Kier alpha value is -1.30. The van der Waals surface area contributed by atoms with Crippen LogP contribution in [-0.2, 0) is 9.53 Å². The first-order valence-corrected chi connectivity index (χ1v) is 8.42. The number of carbonyl (C=O) groups excluding carboxylic acids is 1. The third-order valence-electron chi connectivity index (χ3n) is 3.77. The molecule has 1 aliphatic heterocycles. The van der Waals surface area contributed by atoms with Crippen LogP contribution in [0.2, 0.25) is 0 Å². The van der Waals surface area contributed by atoms with Crippen LogP contribution in [0.5, 0.6) is 0 Å². The van der Waals surface area contributed by atoms with Crippen molar-refractivity contribution in [1.29, 1.82) is 0 Å². The van der Waals surface area contributed by atoms with Crippen molar-refractivity contribution in [2.24, 2.45) is 10.9 Å². The minimum atomic E-state index is 0.0709. The monoisotopic (exact) mass is 312 g/mol. The van der Waals surface area contributed by atoms with Gasteiger partial charge >= 0.3 is 0 Å². The topological polar surface area (TPSA) is 66.0 Å².